The maximum atomic E-state index is 10.8. The summed E-state index contributed by atoms with van der Waals surface area (Å²) in [7, 11) is 1.40. The number of nitrogens with two attached hydrogens (primary N) is 1. The molecule has 2 N–H and O–H groups in total. The molecule has 0 aromatic rings. The summed E-state index contributed by atoms with van der Waals surface area (Å²) >= 11 is 0. The van der Waals surface area contributed by atoms with E-state index in [2.05, 4.69) is 4.74 Å². The summed E-state index contributed by atoms with van der Waals surface area (Å²) in [5, 5.41) is 0. The Balaban J connectivity index is -0.000000405. The van der Waals surface area contributed by atoms with Gasteiger partial charge in [-0.05, 0) is 19.4 Å². The van der Waals surface area contributed by atoms with Crippen LogP contribution in [-0.4, -0.2) is 19.6 Å². The summed E-state index contributed by atoms with van der Waals surface area (Å²) in [6.45, 7) is 2.49. The Morgan fingerprint density at radius 2 is 2.27 bits per heavy atom. The number of esters is 1. The molecule has 0 heterocycles. The number of rotatable bonds is 4. The first kappa shape index (κ1) is 14.0. The van der Waals surface area contributed by atoms with Gasteiger partial charge in [-0.3, -0.25) is 4.79 Å². The number of hydrogen-bond donors (Lipinski definition) is 1. The third-order valence-corrected chi connectivity index (χ3v) is 1.44. The largest absolute Gasteiger partial charge is 1.00 e. The molecule has 0 radical (unpaired) electrons. The van der Waals surface area contributed by atoms with Crippen molar-refractivity contribution in [2.75, 3.05) is 13.7 Å². The molecule has 3 nitrogen and oxygen atoms in total. The zero-order chi connectivity index (χ0) is 7.98. The van der Waals surface area contributed by atoms with Crippen molar-refractivity contribution in [1.29, 1.82) is 0 Å². The van der Waals surface area contributed by atoms with Crippen molar-refractivity contribution in [3.8, 4) is 0 Å². The zero-order valence-corrected chi connectivity index (χ0v) is 9.59. The van der Waals surface area contributed by atoms with E-state index in [-0.39, 0.29) is 42.9 Å². The molecule has 1 unspecified atom stereocenters. The van der Waals surface area contributed by atoms with Crippen molar-refractivity contribution in [1.82, 2.24) is 0 Å². The number of carbonyl (C=O) groups is 1. The van der Waals surface area contributed by atoms with Gasteiger partial charge in [0.15, 0.2) is 0 Å². The first-order chi connectivity index (χ1) is 4.72. The van der Waals surface area contributed by atoms with Crippen LogP contribution >= 0.6 is 0 Å². The summed E-state index contributed by atoms with van der Waals surface area (Å²) in [5.41, 5.74) is 5.27. The van der Waals surface area contributed by atoms with Gasteiger partial charge < -0.3 is 11.9 Å². The van der Waals surface area contributed by atoms with E-state index in [1.54, 1.807) is 0 Å². The van der Waals surface area contributed by atoms with Gasteiger partial charge in [-0.15, -0.1) is 0 Å². The van der Waals surface area contributed by atoms with Crippen LogP contribution in [0.4, 0.5) is 0 Å². The average molecular weight is 169 g/mol. The van der Waals surface area contributed by atoms with Crippen LogP contribution in [0.25, 0.3) is 0 Å². The molecule has 0 bridgehead atoms. The van der Waals surface area contributed by atoms with Crippen LogP contribution in [0.2, 0.25) is 0 Å². The quantitative estimate of drug-likeness (QED) is 0.379. The SMILES string of the molecule is COC(=O)C(C)CCCN.[H-].[Na+]. The molecule has 11 heavy (non-hydrogen) atoms. The van der Waals surface area contributed by atoms with Crippen molar-refractivity contribution < 1.29 is 40.5 Å². The van der Waals surface area contributed by atoms with E-state index in [0.29, 0.717) is 6.54 Å². The third kappa shape index (κ3) is 6.81. The summed E-state index contributed by atoms with van der Waals surface area (Å²) in [6, 6.07) is 0. The monoisotopic (exact) mass is 169 g/mol. The van der Waals surface area contributed by atoms with E-state index >= 15 is 0 Å². The van der Waals surface area contributed by atoms with Gasteiger partial charge in [-0.1, -0.05) is 6.92 Å². The standard InChI is InChI=1S/C7H15NO2.Na.H/c1-6(4-3-5-8)7(9)10-2;;/h6H,3-5,8H2,1-2H3;;/q;+1;-1. The molecule has 0 rings (SSSR count). The molecule has 0 fully saturated rings. The molecule has 0 saturated heterocycles. The Morgan fingerprint density at radius 3 is 2.64 bits per heavy atom. The molecule has 0 aliphatic carbocycles. The van der Waals surface area contributed by atoms with Crippen LogP contribution in [0.5, 0.6) is 0 Å². The van der Waals surface area contributed by atoms with Crippen LogP contribution in [0.3, 0.4) is 0 Å². The van der Waals surface area contributed by atoms with E-state index in [0.717, 1.165) is 12.8 Å². The van der Waals surface area contributed by atoms with Crippen LogP contribution in [-0.2, 0) is 9.53 Å². The van der Waals surface area contributed by atoms with Crippen molar-refractivity contribution in [3.63, 3.8) is 0 Å². The number of carbonyl (C=O) groups excluding carboxylic acids is 1. The van der Waals surface area contributed by atoms with Gasteiger partial charge in [0.25, 0.3) is 0 Å². The van der Waals surface area contributed by atoms with Crippen molar-refractivity contribution >= 4 is 5.97 Å². The summed E-state index contributed by atoms with van der Waals surface area (Å²) in [6.07, 6.45) is 1.71. The number of ether oxygens (including phenoxy) is 1. The fraction of sp³-hybridized carbons (Fsp3) is 0.857. The molecule has 0 aromatic carbocycles. The van der Waals surface area contributed by atoms with Crippen molar-refractivity contribution in [2.45, 2.75) is 19.8 Å². The third-order valence-electron chi connectivity index (χ3n) is 1.44. The van der Waals surface area contributed by atoms with E-state index < -0.39 is 0 Å². The first-order valence-corrected chi connectivity index (χ1v) is 3.50. The molecule has 0 aliphatic heterocycles. The summed E-state index contributed by atoms with van der Waals surface area (Å²) in [4.78, 5) is 10.8. The minimum Gasteiger partial charge on any atom is -1.00 e. The molecule has 0 spiro atoms. The summed E-state index contributed by atoms with van der Waals surface area (Å²) in [5.74, 6) is -0.151. The molecule has 0 amide bonds. The van der Waals surface area contributed by atoms with Gasteiger partial charge in [0.1, 0.15) is 0 Å². The maximum absolute atomic E-state index is 10.8. The Kier molecular flexibility index (Phi) is 10.8. The Labute approximate surface area is 91.4 Å². The van der Waals surface area contributed by atoms with Crippen LogP contribution < -0.4 is 35.3 Å². The van der Waals surface area contributed by atoms with E-state index in [1.165, 1.54) is 7.11 Å². The number of methoxy groups -OCH3 is 1. The Bertz CT molecular complexity index is 114. The predicted octanol–water partition coefficient (Wildman–Crippen LogP) is -2.35. The smallest absolute Gasteiger partial charge is 1.00 e. The molecule has 0 aliphatic rings. The summed E-state index contributed by atoms with van der Waals surface area (Å²) < 4.78 is 4.53. The molecule has 0 aromatic heterocycles. The van der Waals surface area contributed by atoms with Gasteiger partial charge in [0.2, 0.25) is 0 Å². The molecular weight excluding hydrogens is 153 g/mol. The van der Waals surface area contributed by atoms with Gasteiger partial charge in [0, 0.05) is 0 Å². The fourth-order valence-electron chi connectivity index (χ4n) is 0.743. The Hall–Kier alpha value is 0.430. The second-order valence-corrected chi connectivity index (χ2v) is 2.36. The first-order valence-electron chi connectivity index (χ1n) is 3.50. The normalized spacial score (nSPS) is 11.5. The van der Waals surface area contributed by atoms with Gasteiger partial charge in [0.05, 0.1) is 13.0 Å². The molecule has 0 saturated carbocycles. The van der Waals surface area contributed by atoms with Gasteiger partial charge in [-0.25, -0.2) is 0 Å². The van der Waals surface area contributed by atoms with E-state index in [9.17, 15) is 4.79 Å². The molecule has 62 valence electrons. The number of hydrogen-bond acceptors (Lipinski definition) is 3. The van der Waals surface area contributed by atoms with Crippen molar-refractivity contribution in [2.24, 2.45) is 11.7 Å². The van der Waals surface area contributed by atoms with Crippen LogP contribution in [0, 0.1) is 5.92 Å². The predicted molar refractivity (Wildman–Crippen MR) is 40.6 cm³/mol. The zero-order valence-electron chi connectivity index (χ0n) is 8.59. The average Bonchev–Trinajstić information content (AvgIpc) is 1.98. The molecule has 4 heteroatoms. The second-order valence-electron chi connectivity index (χ2n) is 2.36. The van der Waals surface area contributed by atoms with E-state index in [4.69, 9.17) is 5.73 Å². The minimum atomic E-state index is -0.145. The van der Waals surface area contributed by atoms with Gasteiger partial charge >= 0.3 is 35.5 Å². The topological polar surface area (TPSA) is 52.3 Å². The minimum absolute atomic E-state index is 0. The fourth-order valence-corrected chi connectivity index (χ4v) is 0.743. The second kappa shape index (κ2) is 8.53. The maximum Gasteiger partial charge on any atom is 1.00 e. The van der Waals surface area contributed by atoms with Crippen molar-refractivity contribution in [3.05, 3.63) is 0 Å². The Morgan fingerprint density at radius 1 is 1.73 bits per heavy atom. The van der Waals surface area contributed by atoms with Crippen LogP contribution in [0.15, 0.2) is 0 Å². The van der Waals surface area contributed by atoms with Crippen LogP contribution in [0.1, 0.15) is 21.2 Å². The molecular formula is C7H16NNaO2. The van der Waals surface area contributed by atoms with Gasteiger partial charge in [-0.2, -0.15) is 0 Å². The molecule has 1 atom stereocenters. The van der Waals surface area contributed by atoms with E-state index in [1.807, 2.05) is 6.92 Å².